The molecule has 87 heavy (non-hydrogen) atoms. The monoisotopic (exact) mass is 1220 g/mol. The average Bonchev–Trinajstić information content (AvgIpc) is 3.47. The molecule has 0 aromatic heterocycles. The zero-order valence-corrected chi connectivity index (χ0v) is 56.5. The molecule has 1 aliphatic heterocycles. The van der Waals surface area contributed by atoms with Crippen LogP contribution in [0.15, 0.2) is 97.2 Å². The summed E-state index contributed by atoms with van der Waals surface area (Å²) in [7, 11) is 0. The fourth-order valence-electron chi connectivity index (χ4n) is 11.4. The molecule has 504 valence electrons. The quantitative estimate of drug-likeness (QED) is 0.0261. The van der Waals surface area contributed by atoms with E-state index < -0.39 is 49.5 Å². The summed E-state index contributed by atoms with van der Waals surface area (Å²) in [5.41, 5.74) is 0. The number of aliphatic hydroxyl groups excluding tert-OH is 5. The molecule has 0 radical (unpaired) electrons. The number of rotatable bonds is 64. The standard InChI is InChI=1S/C78H139NO8/c1-3-5-7-9-11-13-15-17-19-21-23-25-27-28-29-30-31-32-33-34-35-36-37-38-39-40-41-42-43-44-46-48-50-52-54-56-58-60-62-64-66-68-74(82)79-71(70-86-78-77(85)76(84)75(83)73(69-80)87-78)72(81)67-65-63-61-59-57-55-53-51-49-47-45-26-24-22-20-18-16-14-12-10-8-6-4-2/h5,7,11,13,17,19,23,25,28-29,31-32,57,59,65,67,71-73,75-78,80-81,83-85H,3-4,6,8-10,12,14-16,18,20-22,24,26-27,30,33-56,58,60-64,66,68-70H2,1-2H3,(H,79,82)/b7-5-,13-11-,19-17-,25-23-,29-28-,32-31-,59-57+,67-65+. The summed E-state index contributed by atoms with van der Waals surface area (Å²) in [6.07, 6.45) is 89.6. The largest absolute Gasteiger partial charge is 0.394 e. The van der Waals surface area contributed by atoms with E-state index in [0.29, 0.717) is 6.42 Å². The number of ether oxygens (including phenoxy) is 2. The lowest BCUT2D eigenvalue weighted by Gasteiger charge is -2.40. The van der Waals surface area contributed by atoms with Crippen LogP contribution in [0.3, 0.4) is 0 Å². The van der Waals surface area contributed by atoms with Gasteiger partial charge in [0.25, 0.3) is 0 Å². The molecule has 9 heteroatoms. The van der Waals surface area contributed by atoms with E-state index in [-0.39, 0.29) is 12.5 Å². The zero-order chi connectivity index (χ0) is 62.8. The number of hydrogen-bond donors (Lipinski definition) is 6. The molecule has 7 unspecified atom stereocenters. The molecule has 0 bridgehead atoms. The second-order valence-electron chi connectivity index (χ2n) is 25.3. The number of nitrogens with one attached hydrogen (secondary N) is 1. The van der Waals surface area contributed by atoms with Gasteiger partial charge < -0.3 is 40.3 Å². The Morgan fingerprint density at radius 1 is 0.402 bits per heavy atom. The highest BCUT2D eigenvalue weighted by Crippen LogP contribution is 2.23. The second-order valence-corrected chi connectivity index (χ2v) is 25.3. The predicted molar refractivity (Wildman–Crippen MR) is 373 cm³/mol. The minimum absolute atomic E-state index is 0.183. The Morgan fingerprint density at radius 2 is 0.724 bits per heavy atom. The fraction of sp³-hybridized carbons (Fsp3) is 0.782. The highest BCUT2D eigenvalue weighted by atomic mass is 16.7. The van der Waals surface area contributed by atoms with Gasteiger partial charge in [-0.25, -0.2) is 0 Å². The van der Waals surface area contributed by atoms with Gasteiger partial charge in [0.2, 0.25) is 5.91 Å². The molecule has 7 atom stereocenters. The molecule has 6 N–H and O–H groups in total. The number of allylic oxidation sites excluding steroid dienone is 15. The molecule has 0 aliphatic carbocycles. The van der Waals surface area contributed by atoms with Crippen LogP contribution in [0.5, 0.6) is 0 Å². The highest BCUT2D eigenvalue weighted by Gasteiger charge is 2.44. The van der Waals surface area contributed by atoms with Gasteiger partial charge in [-0.2, -0.15) is 0 Å². The highest BCUT2D eigenvalue weighted by molar-refractivity contribution is 5.76. The molecule has 1 rings (SSSR count). The van der Waals surface area contributed by atoms with E-state index in [1.54, 1.807) is 6.08 Å². The van der Waals surface area contributed by atoms with Crippen LogP contribution in [0.25, 0.3) is 0 Å². The van der Waals surface area contributed by atoms with Crippen molar-refractivity contribution < 1.29 is 39.8 Å². The maximum absolute atomic E-state index is 13.1. The van der Waals surface area contributed by atoms with Crippen LogP contribution in [0.2, 0.25) is 0 Å². The van der Waals surface area contributed by atoms with Crippen molar-refractivity contribution in [3.8, 4) is 0 Å². The van der Waals surface area contributed by atoms with E-state index in [0.717, 1.165) is 77.0 Å². The van der Waals surface area contributed by atoms with Crippen LogP contribution in [0, 0.1) is 0 Å². The van der Waals surface area contributed by atoms with Crippen molar-refractivity contribution in [1.82, 2.24) is 5.32 Å². The fourth-order valence-corrected chi connectivity index (χ4v) is 11.4. The number of carbonyl (C=O) groups is 1. The van der Waals surface area contributed by atoms with E-state index in [4.69, 9.17) is 9.47 Å². The minimum Gasteiger partial charge on any atom is -0.394 e. The number of unbranched alkanes of at least 4 members (excludes halogenated alkanes) is 40. The molecule has 1 heterocycles. The Hall–Kier alpha value is -2.89. The molecular weight excluding hydrogens is 1080 g/mol. The molecule has 1 fully saturated rings. The maximum atomic E-state index is 13.1. The summed E-state index contributed by atoms with van der Waals surface area (Å²) in [6, 6.07) is -0.825. The van der Waals surface area contributed by atoms with Gasteiger partial charge in [-0.1, -0.05) is 342 Å². The predicted octanol–water partition coefficient (Wildman–Crippen LogP) is 20.6. The third-order valence-electron chi connectivity index (χ3n) is 17.1. The molecule has 0 saturated carbocycles. The van der Waals surface area contributed by atoms with Crippen LogP contribution in [0.4, 0.5) is 0 Å². The van der Waals surface area contributed by atoms with Crippen molar-refractivity contribution in [2.75, 3.05) is 13.2 Å². The molecule has 1 aliphatic rings. The van der Waals surface area contributed by atoms with Gasteiger partial charge in [-0.3, -0.25) is 4.79 Å². The first-order valence-electron chi connectivity index (χ1n) is 37.0. The molecule has 9 nitrogen and oxygen atoms in total. The summed E-state index contributed by atoms with van der Waals surface area (Å²) >= 11 is 0. The van der Waals surface area contributed by atoms with Crippen molar-refractivity contribution in [2.45, 2.75) is 378 Å². The van der Waals surface area contributed by atoms with E-state index in [1.807, 2.05) is 6.08 Å². The first-order chi connectivity index (χ1) is 42.8. The van der Waals surface area contributed by atoms with Gasteiger partial charge in [-0.15, -0.1) is 0 Å². The van der Waals surface area contributed by atoms with Crippen LogP contribution in [0.1, 0.15) is 335 Å². The third kappa shape index (κ3) is 54.6. The van der Waals surface area contributed by atoms with Crippen LogP contribution >= 0.6 is 0 Å². The lowest BCUT2D eigenvalue weighted by atomic mass is 9.99. The van der Waals surface area contributed by atoms with Gasteiger partial charge >= 0.3 is 0 Å². The SMILES string of the molecule is CC/C=C\C/C=C\C/C=C\C/C=C\C/C=C\C/C=C\CCCCCCCCCCCCCCCCCCCCCCCCC(=O)NC(COC1OC(CO)C(O)C(O)C1O)C(O)/C=C/CC/C=C/CCCCCCCCCCCCCCCCCCC. The van der Waals surface area contributed by atoms with Gasteiger partial charge in [0, 0.05) is 6.42 Å². The number of hydrogen-bond acceptors (Lipinski definition) is 8. The number of aliphatic hydroxyl groups is 5. The van der Waals surface area contributed by atoms with Crippen molar-refractivity contribution in [2.24, 2.45) is 0 Å². The summed E-state index contributed by atoms with van der Waals surface area (Å²) < 4.78 is 11.3. The molecule has 1 saturated heterocycles. The molecule has 0 aromatic carbocycles. The summed E-state index contributed by atoms with van der Waals surface area (Å²) in [4.78, 5) is 13.1. The third-order valence-corrected chi connectivity index (χ3v) is 17.1. The normalized spacial score (nSPS) is 18.5. The Balaban J connectivity index is 2.08. The first-order valence-corrected chi connectivity index (χ1v) is 37.0. The first kappa shape index (κ1) is 82.1. The number of amides is 1. The van der Waals surface area contributed by atoms with Gasteiger partial charge in [0.05, 0.1) is 25.4 Å². The van der Waals surface area contributed by atoms with E-state index in [2.05, 4.69) is 104 Å². The Morgan fingerprint density at radius 3 is 1.10 bits per heavy atom. The Labute approximate surface area is 536 Å². The second kappa shape index (κ2) is 66.0. The van der Waals surface area contributed by atoms with Crippen molar-refractivity contribution in [1.29, 1.82) is 0 Å². The van der Waals surface area contributed by atoms with Crippen molar-refractivity contribution in [3.05, 3.63) is 97.2 Å². The minimum atomic E-state index is -1.58. The molecule has 0 aromatic rings. The average molecular weight is 1220 g/mol. The lowest BCUT2D eigenvalue weighted by Crippen LogP contribution is -2.60. The summed E-state index contributed by atoms with van der Waals surface area (Å²) in [5.74, 6) is -0.183. The lowest BCUT2D eigenvalue weighted by molar-refractivity contribution is -0.302. The molecule has 0 spiro atoms. The smallest absolute Gasteiger partial charge is 0.220 e. The number of carbonyl (C=O) groups excluding carboxylic acids is 1. The van der Waals surface area contributed by atoms with Crippen LogP contribution in [-0.2, 0) is 14.3 Å². The van der Waals surface area contributed by atoms with Crippen molar-refractivity contribution in [3.63, 3.8) is 0 Å². The molecule has 1 amide bonds. The zero-order valence-electron chi connectivity index (χ0n) is 56.5. The van der Waals surface area contributed by atoms with E-state index in [1.165, 1.54) is 238 Å². The van der Waals surface area contributed by atoms with E-state index in [9.17, 15) is 30.3 Å². The topological polar surface area (TPSA) is 149 Å². The Kier molecular flexibility index (Phi) is 62.3. The van der Waals surface area contributed by atoms with E-state index >= 15 is 0 Å². The Bertz CT molecular complexity index is 1700. The maximum Gasteiger partial charge on any atom is 0.220 e. The summed E-state index contributed by atoms with van der Waals surface area (Å²) in [5, 5.41) is 54.8. The summed E-state index contributed by atoms with van der Waals surface area (Å²) in [6.45, 7) is 3.68. The van der Waals surface area contributed by atoms with Gasteiger partial charge in [-0.05, 0) is 83.5 Å². The van der Waals surface area contributed by atoms with Crippen molar-refractivity contribution >= 4 is 5.91 Å². The van der Waals surface area contributed by atoms with Gasteiger partial charge in [0.1, 0.15) is 24.4 Å². The van der Waals surface area contributed by atoms with Crippen LogP contribution < -0.4 is 5.32 Å². The molecular formula is C78H139NO8. The van der Waals surface area contributed by atoms with Gasteiger partial charge in [0.15, 0.2) is 6.29 Å². The van der Waals surface area contributed by atoms with Crippen LogP contribution in [-0.4, -0.2) is 87.5 Å².